The van der Waals surface area contributed by atoms with E-state index < -0.39 is 17.7 Å². The second kappa shape index (κ2) is 11.8. The van der Waals surface area contributed by atoms with Gasteiger partial charge in [-0.25, -0.2) is 0 Å². The van der Waals surface area contributed by atoms with Crippen LogP contribution in [0.15, 0.2) is 84.4 Å². The number of amides is 1. The van der Waals surface area contributed by atoms with Crippen LogP contribution in [-0.4, -0.2) is 60.4 Å². The molecule has 0 spiro atoms. The number of nitrogens with zero attached hydrogens (tertiary/aromatic N) is 2. The average molecular weight is 501 g/mol. The monoisotopic (exact) mass is 500 g/mol. The number of likely N-dealkylation sites (tertiary alicyclic amines) is 1. The quantitative estimate of drug-likeness (QED) is 0.248. The van der Waals surface area contributed by atoms with Crippen LogP contribution in [0.1, 0.15) is 29.7 Å². The van der Waals surface area contributed by atoms with Crippen molar-refractivity contribution in [2.45, 2.75) is 19.6 Å². The summed E-state index contributed by atoms with van der Waals surface area (Å²) in [6.45, 7) is 3.61. The van der Waals surface area contributed by atoms with E-state index in [9.17, 15) is 14.7 Å². The molecule has 1 atom stereocenters. The van der Waals surface area contributed by atoms with Gasteiger partial charge in [0.1, 0.15) is 23.9 Å². The Bertz CT molecular complexity index is 1290. The summed E-state index contributed by atoms with van der Waals surface area (Å²) in [6, 6.07) is 23.3. The maximum Gasteiger partial charge on any atom is 0.295 e. The van der Waals surface area contributed by atoms with Gasteiger partial charge in [-0.2, -0.15) is 0 Å². The maximum absolute atomic E-state index is 13.3. The van der Waals surface area contributed by atoms with E-state index in [2.05, 4.69) is 0 Å². The number of aliphatic hydroxyl groups is 1. The van der Waals surface area contributed by atoms with Crippen LogP contribution in [0.4, 0.5) is 0 Å². The number of carbonyl (C=O) groups is 2. The summed E-state index contributed by atoms with van der Waals surface area (Å²) in [5.41, 5.74) is 2.18. The Kier molecular flexibility index (Phi) is 8.25. The first-order valence-corrected chi connectivity index (χ1v) is 12.3. The number of carbonyl (C=O) groups excluding carboxylic acids is 2. The van der Waals surface area contributed by atoms with Crippen molar-refractivity contribution in [3.63, 3.8) is 0 Å². The van der Waals surface area contributed by atoms with E-state index in [1.165, 1.54) is 4.90 Å². The molecule has 1 heterocycles. The number of hydrogen-bond donors (Lipinski definition) is 1. The van der Waals surface area contributed by atoms with E-state index in [4.69, 9.17) is 9.47 Å². The molecule has 7 heteroatoms. The first kappa shape index (κ1) is 26.0. The van der Waals surface area contributed by atoms with E-state index in [1.807, 2.05) is 80.5 Å². The Hall–Kier alpha value is -4.10. The third kappa shape index (κ3) is 6.01. The van der Waals surface area contributed by atoms with Crippen LogP contribution < -0.4 is 9.47 Å². The van der Waals surface area contributed by atoms with Crippen molar-refractivity contribution in [1.82, 2.24) is 9.80 Å². The molecule has 192 valence electrons. The summed E-state index contributed by atoms with van der Waals surface area (Å²) in [5.74, 6) is -0.393. The lowest BCUT2D eigenvalue weighted by Gasteiger charge is -2.27. The highest BCUT2D eigenvalue weighted by Crippen LogP contribution is 2.40. The van der Waals surface area contributed by atoms with Gasteiger partial charge < -0.3 is 24.4 Å². The molecule has 0 aliphatic carbocycles. The van der Waals surface area contributed by atoms with E-state index >= 15 is 0 Å². The van der Waals surface area contributed by atoms with E-state index in [1.54, 1.807) is 24.3 Å². The van der Waals surface area contributed by atoms with E-state index in [0.29, 0.717) is 48.9 Å². The van der Waals surface area contributed by atoms with Crippen molar-refractivity contribution in [3.8, 4) is 11.5 Å². The van der Waals surface area contributed by atoms with Gasteiger partial charge in [-0.1, -0.05) is 54.6 Å². The Balaban J connectivity index is 1.74. The molecule has 3 aromatic carbocycles. The molecule has 1 N–H and O–H groups in total. The predicted octanol–water partition coefficient (Wildman–Crippen LogP) is 4.65. The third-order valence-corrected chi connectivity index (χ3v) is 6.17. The first-order valence-electron chi connectivity index (χ1n) is 12.3. The van der Waals surface area contributed by atoms with Gasteiger partial charge in [0.2, 0.25) is 0 Å². The first-order chi connectivity index (χ1) is 17.9. The molecule has 37 heavy (non-hydrogen) atoms. The largest absolute Gasteiger partial charge is 0.507 e. The van der Waals surface area contributed by atoms with Crippen LogP contribution in [0.3, 0.4) is 0 Å². The number of aliphatic hydroxyl groups excluding tert-OH is 1. The molecule has 3 aromatic rings. The van der Waals surface area contributed by atoms with Gasteiger partial charge in [-0.15, -0.1) is 0 Å². The van der Waals surface area contributed by atoms with Gasteiger partial charge in [-0.3, -0.25) is 9.59 Å². The summed E-state index contributed by atoms with van der Waals surface area (Å²) in [6.07, 6.45) is 0. The minimum Gasteiger partial charge on any atom is -0.507 e. The molecule has 1 aliphatic heterocycles. The van der Waals surface area contributed by atoms with Crippen LogP contribution in [0.25, 0.3) is 5.76 Å². The molecule has 7 nitrogen and oxygen atoms in total. The summed E-state index contributed by atoms with van der Waals surface area (Å²) < 4.78 is 11.6. The fraction of sp³-hybridized carbons (Fsp3) is 0.267. The molecule has 4 rings (SSSR count). The molecule has 0 radical (unpaired) electrons. The lowest BCUT2D eigenvalue weighted by atomic mass is 9.95. The second-order valence-corrected chi connectivity index (χ2v) is 9.10. The number of hydrogen-bond acceptors (Lipinski definition) is 6. The summed E-state index contributed by atoms with van der Waals surface area (Å²) in [4.78, 5) is 29.9. The van der Waals surface area contributed by atoms with Crippen LogP contribution >= 0.6 is 0 Å². The van der Waals surface area contributed by atoms with Crippen molar-refractivity contribution in [3.05, 3.63) is 101 Å². The van der Waals surface area contributed by atoms with Crippen LogP contribution in [-0.2, 0) is 16.2 Å². The number of rotatable bonds is 10. The average Bonchev–Trinajstić information content (AvgIpc) is 3.16. The summed E-state index contributed by atoms with van der Waals surface area (Å²) in [5, 5.41) is 11.3. The van der Waals surface area contributed by atoms with Gasteiger partial charge in [-0.05, 0) is 56.4 Å². The third-order valence-electron chi connectivity index (χ3n) is 6.17. The van der Waals surface area contributed by atoms with Crippen molar-refractivity contribution >= 4 is 17.4 Å². The molecular formula is C30H32N2O5. The normalized spacial score (nSPS) is 16.9. The maximum atomic E-state index is 13.3. The van der Waals surface area contributed by atoms with Gasteiger partial charge in [0, 0.05) is 18.7 Å². The second-order valence-electron chi connectivity index (χ2n) is 9.10. The molecule has 1 fully saturated rings. The number of benzene rings is 3. The molecule has 0 saturated carbocycles. The lowest BCUT2D eigenvalue weighted by Crippen LogP contribution is -2.35. The van der Waals surface area contributed by atoms with E-state index in [0.717, 1.165) is 5.56 Å². The topological polar surface area (TPSA) is 79.3 Å². The van der Waals surface area contributed by atoms with Gasteiger partial charge >= 0.3 is 0 Å². The van der Waals surface area contributed by atoms with Gasteiger partial charge in [0.05, 0.1) is 18.2 Å². The fourth-order valence-electron chi connectivity index (χ4n) is 4.34. The molecule has 1 aliphatic rings. The van der Waals surface area contributed by atoms with E-state index in [-0.39, 0.29) is 11.3 Å². The zero-order valence-corrected chi connectivity index (χ0v) is 21.4. The molecule has 1 amide bonds. The smallest absolute Gasteiger partial charge is 0.295 e. The SMILES string of the molecule is CCOc1cccc(/C(O)=C2/C(=O)C(=O)N(CCN(C)C)C2c2cccc(OCc3ccccc3)c2)c1. The van der Waals surface area contributed by atoms with Crippen molar-refractivity contribution in [2.24, 2.45) is 0 Å². The van der Waals surface area contributed by atoms with Crippen molar-refractivity contribution in [1.29, 1.82) is 0 Å². The molecular weight excluding hydrogens is 468 g/mol. The highest BCUT2D eigenvalue weighted by atomic mass is 16.5. The number of ether oxygens (including phenoxy) is 2. The fourth-order valence-corrected chi connectivity index (χ4v) is 4.34. The van der Waals surface area contributed by atoms with Gasteiger partial charge in [0.25, 0.3) is 11.7 Å². The number of likely N-dealkylation sites (N-methyl/N-ethyl adjacent to an activating group) is 1. The standard InChI is InChI=1S/C30H32N2O5/c1-4-36-24-14-9-13-23(19-24)28(33)26-27(32(17-16-31(2)3)30(35)29(26)34)22-12-8-15-25(18-22)37-20-21-10-6-5-7-11-21/h5-15,18-19,27,33H,4,16-17,20H2,1-3H3/b28-26-. The zero-order chi connectivity index (χ0) is 26.4. The molecule has 1 saturated heterocycles. The highest BCUT2D eigenvalue weighted by molar-refractivity contribution is 6.46. The minimum atomic E-state index is -0.754. The Morgan fingerprint density at radius 2 is 1.62 bits per heavy atom. The number of ketones is 1. The summed E-state index contributed by atoms with van der Waals surface area (Å²) in [7, 11) is 3.81. The summed E-state index contributed by atoms with van der Waals surface area (Å²) >= 11 is 0. The molecule has 1 unspecified atom stereocenters. The Morgan fingerprint density at radius 3 is 2.32 bits per heavy atom. The van der Waals surface area contributed by atoms with Gasteiger partial charge in [0.15, 0.2) is 0 Å². The molecule has 0 bridgehead atoms. The zero-order valence-electron chi connectivity index (χ0n) is 21.4. The van der Waals surface area contributed by atoms with Crippen molar-refractivity contribution in [2.75, 3.05) is 33.8 Å². The lowest BCUT2D eigenvalue weighted by molar-refractivity contribution is -0.140. The number of Topliss-reactive ketones (excluding diaryl/α,β-unsaturated/α-hetero) is 1. The minimum absolute atomic E-state index is 0.0533. The predicted molar refractivity (Wildman–Crippen MR) is 142 cm³/mol. The van der Waals surface area contributed by atoms with Crippen LogP contribution in [0, 0.1) is 0 Å². The Morgan fingerprint density at radius 1 is 0.919 bits per heavy atom. The van der Waals surface area contributed by atoms with Crippen molar-refractivity contribution < 1.29 is 24.2 Å². The van der Waals surface area contributed by atoms with Crippen LogP contribution in [0.2, 0.25) is 0 Å². The van der Waals surface area contributed by atoms with Crippen LogP contribution in [0.5, 0.6) is 11.5 Å². The molecule has 0 aromatic heterocycles. The highest BCUT2D eigenvalue weighted by Gasteiger charge is 2.46. The Labute approximate surface area is 217 Å².